The fourth-order valence-corrected chi connectivity index (χ4v) is 2.89. The third kappa shape index (κ3) is 7.15. The van der Waals surface area contributed by atoms with Gasteiger partial charge < -0.3 is 15.4 Å². The normalized spacial score (nSPS) is 10.7. The SMILES string of the molecule is N#C/C(=C\c1ccc(OCC(=O)NCCc2ccccc2)cc1)C(=O)Nc1ccccc1. The van der Waals surface area contributed by atoms with Crippen LogP contribution in [0.1, 0.15) is 11.1 Å². The second-order valence-electron chi connectivity index (χ2n) is 6.93. The highest BCUT2D eigenvalue weighted by atomic mass is 16.5. The van der Waals surface area contributed by atoms with E-state index in [2.05, 4.69) is 10.6 Å². The number of carbonyl (C=O) groups is 2. The van der Waals surface area contributed by atoms with Crippen molar-refractivity contribution in [1.82, 2.24) is 5.32 Å². The topological polar surface area (TPSA) is 91.2 Å². The van der Waals surface area contributed by atoms with Gasteiger partial charge in [0.15, 0.2) is 6.61 Å². The van der Waals surface area contributed by atoms with Gasteiger partial charge in [0.05, 0.1) is 0 Å². The smallest absolute Gasteiger partial charge is 0.266 e. The van der Waals surface area contributed by atoms with Crippen molar-refractivity contribution in [3.63, 3.8) is 0 Å². The first-order chi connectivity index (χ1) is 15.6. The Morgan fingerprint density at radius 1 is 0.906 bits per heavy atom. The third-order valence-corrected chi connectivity index (χ3v) is 4.54. The molecule has 3 rings (SSSR count). The molecule has 0 saturated carbocycles. The number of carbonyl (C=O) groups excluding carboxylic acids is 2. The number of ether oxygens (including phenoxy) is 1. The summed E-state index contributed by atoms with van der Waals surface area (Å²) in [5, 5.41) is 14.8. The second kappa shape index (κ2) is 11.7. The van der Waals surface area contributed by atoms with Crippen LogP contribution in [0.4, 0.5) is 5.69 Å². The van der Waals surface area contributed by atoms with E-state index in [1.54, 1.807) is 48.5 Å². The molecular weight excluding hydrogens is 402 g/mol. The van der Waals surface area contributed by atoms with Crippen molar-refractivity contribution in [3.8, 4) is 11.8 Å². The number of hydrogen-bond donors (Lipinski definition) is 2. The van der Waals surface area contributed by atoms with Crippen LogP contribution in [0.3, 0.4) is 0 Å². The van der Waals surface area contributed by atoms with Crippen LogP contribution >= 0.6 is 0 Å². The minimum atomic E-state index is -0.480. The van der Waals surface area contributed by atoms with Crippen LogP contribution in [0.15, 0.2) is 90.5 Å². The lowest BCUT2D eigenvalue weighted by molar-refractivity contribution is -0.123. The highest BCUT2D eigenvalue weighted by Gasteiger charge is 2.09. The Balaban J connectivity index is 1.47. The quantitative estimate of drug-likeness (QED) is 0.401. The van der Waals surface area contributed by atoms with Crippen LogP contribution in [0.2, 0.25) is 0 Å². The molecule has 0 fully saturated rings. The number of para-hydroxylation sites is 1. The lowest BCUT2D eigenvalue weighted by atomic mass is 10.1. The molecule has 0 bridgehead atoms. The molecule has 6 nitrogen and oxygen atoms in total. The number of rotatable bonds is 9. The molecule has 0 aliphatic rings. The van der Waals surface area contributed by atoms with Crippen molar-refractivity contribution in [2.24, 2.45) is 0 Å². The second-order valence-corrected chi connectivity index (χ2v) is 6.93. The van der Waals surface area contributed by atoms with E-state index < -0.39 is 5.91 Å². The number of nitrogens with one attached hydrogen (secondary N) is 2. The van der Waals surface area contributed by atoms with Crippen LogP contribution in [0.5, 0.6) is 5.75 Å². The molecule has 0 spiro atoms. The summed E-state index contributed by atoms with van der Waals surface area (Å²) < 4.78 is 5.51. The van der Waals surface area contributed by atoms with Crippen molar-refractivity contribution < 1.29 is 14.3 Å². The molecule has 2 N–H and O–H groups in total. The van der Waals surface area contributed by atoms with Crippen molar-refractivity contribution in [2.75, 3.05) is 18.5 Å². The van der Waals surface area contributed by atoms with Crippen LogP contribution in [0.25, 0.3) is 6.08 Å². The molecule has 0 aromatic heterocycles. The Bertz CT molecular complexity index is 1100. The van der Waals surface area contributed by atoms with E-state index in [9.17, 15) is 14.9 Å². The Labute approximate surface area is 187 Å². The molecule has 0 aliphatic carbocycles. The van der Waals surface area contributed by atoms with Gasteiger partial charge in [0.2, 0.25) is 0 Å². The summed E-state index contributed by atoms with van der Waals surface area (Å²) in [5.41, 5.74) is 2.43. The van der Waals surface area contributed by atoms with Crippen molar-refractivity contribution >= 4 is 23.6 Å². The van der Waals surface area contributed by atoms with E-state index >= 15 is 0 Å². The zero-order valence-corrected chi connectivity index (χ0v) is 17.5. The molecule has 0 saturated heterocycles. The van der Waals surface area contributed by atoms with Gasteiger partial charge in [0, 0.05) is 12.2 Å². The maximum absolute atomic E-state index is 12.3. The Kier molecular flexibility index (Phi) is 8.18. The highest BCUT2D eigenvalue weighted by molar-refractivity contribution is 6.09. The van der Waals surface area contributed by atoms with Gasteiger partial charge in [-0.3, -0.25) is 9.59 Å². The minimum Gasteiger partial charge on any atom is -0.484 e. The van der Waals surface area contributed by atoms with Gasteiger partial charge in [-0.25, -0.2) is 0 Å². The molecule has 0 aliphatic heterocycles. The van der Waals surface area contributed by atoms with Gasteiger partial charge in [0.1, 0.15) is 17.4 Å². The molecule has 3 aromatic carbocycles. The summed E-state index contributed by atoms with van der Waals surface area (Å²) in [6.45, 7) is 0.449. The van der Waals surface area contributed by atoms with Crippen molar-refractivity contribution in [2.45, 2.75) is 6.42 Å². The summed E-state index contributed by atoms with van der Waals surface area (Å²) in [6, 6.07) is 27.6. The van der Waals surface area contributed by atoms with Gasteiger partial charge in [-0.1, -0.05) is 60.7 Å². The number of amides is 2. The first-order valence-corrected chi connectivity index (χ1v) is 10.2. The van der Waals surface area contributed by atoms with Crippen LogP contribution in [0, 0.1) is 11.3 Å². The van der Waals surface area contributed by atoms with E-state index in [1.165, 1.54) is 6.08 Å². The standard InChI is InChI=1S/C26H23N3O3/c27-18-22(26(31)29-23-9-5-2-6-10-23)17-21-11-13-24(14-12-21)32-19-25(30)28-16-15-20-7-3-1-4-8-20/h1-14,17H,15-16,19H2,(H,28,30)(H,29,31)/b22-17+. The number of nitriles is 1. The van der Waals surface area contributed by atoms with Gasteiger partial charge >= 0.3 is 0 Å². The Hall–Kier alpha value is -4.37. The summed E-state index contributed by atoms with van der Waals surface area (Å²) in [4.78, 5) is 24.3. The predicted molar refractivity (Wildman–Crippen MR) is 124 cm³/mol. The van der Waals surface area contributed by atoms with E-state index in [-0.39, 0.29) is 18.1 Å². The maximum Gasteiger partial charge on any atom is 0.266 e. The molecule has 0 heterocycles. The minimum absolute atomic E-state index is 0.0136. The van der Waals surface area contributed by atoms with E-state index in [1.807, 2.05) is 42.5 Å². The number of anilines is 1. The predicted octanol–water partition coefficient (Wildman–Crippen LogP) is 3.97. The average Bonchev–Trinajstić information content (AvgIpc) is 2.83. The zero-order valence-electron chi connectivity index (χ0n) is 17.5. The maximum atomic E-state index is 12.3. The lowest BCUT2D eigenvalue weighted by Gasteiger charge is -2.08. The molecular formula is C26H23N3O3. The van der Waals surface area contributed by atoms with E-state index in [0.29, 0.717) is 23.5 Å². The first kappa shape index (κ1) is 22.3. The average molecular weight is 425 g/mol. The van der Waals surface area contributed by atoms with Crippen LogP contribution in [-0.4, -0.2) is 25.0 Å². The van der Waals surface area contributed by atoms with E-state index in [4.69, 9.17) is 4.74 Å². The molecule has 0 atom stereocenters. The fourth-order valence-electron chi connectivity index (χ4n) is 2.89. The monoisotopic (exact) mass is 425 g/mol. The molecule has 160 valence electrons. The van der Waals surface area contributed by atoms with Crippen molar-refractivity contribution in [1.29, 1.82) is 5.26 Å². The molecule has 32 heavy (non-hydrogen) atoms. The number of nitrogens with zero attached hydrogens (tertiary/aromatic N) is 1. The van der Waals surface area contributed by atoms with Gasteiger partial charge in [-0.2, -0.15) is 5.26 Å². The third-order valence-electron chi connectivity index (χ3n) is 4.54. The lowest BCUT2D eigenvalue weighted by Crippen LogP contribution is -2.30. The molecule has 6 heteroatoms. The van der Waals surface area contributed by atoms with Crippen LogP contribution < -0.4 is 15.4 Å². The van der Waals surface area contributed by atoms with Crippen molar-refractivity contribution in [3.05, 3.63) is 102 Å². The van der Waals surface area contributed by atoms with Gasteiger partial charge in [-0.05, 0) is 47.9 Å². The summed E-state index contributed by atoms with van der Waals surface area (Å²) in [6.07, 6.45) is 2.25. The summed E-state index contributed by atoms with van der Waals surface area (Å²) in [5.74, 6) is -0.159. The summed E-state index contributed by atoms with van der Waals surface area (Å²) in [7, 11) is 0. The zero-order chi connectivity index (χ0) is 22.6. The Morgan fingerprint density at radius 2 is 1.56 bits per heavy atom. The van der Waals surface area contributed by atoms with Crippen LogP contribution in [-0.2, 0) is 16.0 Å². The van der Waals surface area contributed by atoms with Gasteiger partial charge in [0.25, 0.3) is 11.8 Å². The first-order valence-electron chi connectivity index (χ1n) is 10.2. The fraction of sp³-hybridized carbons (Fsp3) is 0.115. The van der Waals surface area contributed by atoms with E-state index in [0.717, 1.165) is 12.0 Å². The molecule has 3 aromatic rings. The molecule has 0 radical (unpaired) electrons. The van der Waals surface area contributed by atoms with Gasteiger partial charge in [-0.15, -0.1) is 0 Å². The molecule has 2 amide bonds. The Morgan fingerprint density at radius 3 is 2.22 bits per heavy atom. The number of benzene rings is 3. The summed E-state index contributed by atoms with van der Waals surface area (Å²) >= 11 is 0. The largest absolute Gasteiger partial charge is 0.484 e. The highest BCUT2D eigenvalue weighted by Crippen LogP contribution is 2.15. The molecule has 0 unspecified atom stereocenters. The number of hydrogen-bond acceptors (Lipinski definition) is 4.